The predicted molar refractivity (Wildman–Crippen MR) is 260 cm³/mol. The van der Waals surface area contributed by atoms with Crippen LogP contribution in [0, 0.1) is 0 Å². The van der Waals surface area contributed by atoms with Crippen molar-refractivity contribution in [2.24, 2.45) is 0 Å². The van der Waals surface area contributed by atoms with Crippen LogP contribution < -0.4 is 0 Å². The number of benzene rings is 9. The molecule has 5 heteroatoms. The molecule has 0 unspecified atom stereocenters. The van der Waals surface area contributed by atoms with Gasteiger partial charge in [-0.05, 0) is 81.9 Å². The Balaban J connectivity index is 1.08. The number of thiophene rings is 1. The Morgan fingerprint density at radius 1 is 0.306 bits per heavy atom. The van der Waals surface area contributed by atoms with Crippen LogP contribution in [0.3, 0.4) is 0 Å². The van der Waals surface area contributed by atoms with E-state index in [0.29, 0.717) is 17.5 Å². The molecule has 0 amide bonds. The maximum atomic E-state index is 5.25. The normalized spacial score (nSPS) is 11.5. The summed E-state index contributed by atoms with van der Waals surface area (Å²) in [4.78, 5) is 15.5. The third-order valence-corrected chi connectivity index (χ3v) is 13.0. The molecular formula is C57H36N4S. The SMILES string of the molecule is c1ccc(-c2cccc(-c3ccc(-c4ccc5c(c4)sc4ccc6c(c7ccccc7n6-c6ccccc6)c45)c(-c4nc(-c5ccccc5)nc(-c5ccccc5)n4)c3)c2)cc1. The van der Waals surface area contributed by atoms with Crippen LogP contribution in [-0.4, -0.2) is 19.5 Å². The standard InChI is InChI=1S/C57H36N4S/c1-5-16-37(17-6-1)40-22-15-23-41(34-40)42-28-30-45(48(35-42)57-59-55(38-18-7-2-8-19-38)58-56(60-57)39-20-9-3-10-21-39)43-29-31-47-52(36-43)62-51-33-32-50-53(54(47)51)46-26-13-14-27-49(46)61(50)44-24-11-4-12-25-44/h1-36H. The van der Waals surface area contributed by atoms with Gasteiger partial charge in [0.2, 0.25) is 0 Å². The van der Waals surface area contributed by atoms with Crippen LogP contribution in [0.15, 0.2) is 218 Å². The summed E-state index contributed by atoms with van der Waals surface area (Å²) in [6, 6.07) is 77.4. The molecule has 0 fully saturated rings. The monoisotopic (exact) mass is 808 g/mol. The lowest BCUT2D eigenvalue weighted by Crippen LogP contribution is -2.01. The minimum Gasteiger partial charge on any atom is -0.309 e. The van der Waals surface area contributed by atoms with Crippen molar-refractivity contribution in [2.45, 2.75) is 0 Å². The highest BCUT2D eigenvalue weighted by Gasteiger charge is 2.21. The van der Waals surface area contributed by atoms with Crippen LogP contribution in [-0.2, 0) is 0 Å². The topological polar surface area (TPSA) is 43.6 Å². The molecule has 12 aromatic rings. The summed E-state index contributed by atoms with van der Waals surface area (Å²) in [6.45, 7) is 0. The fraction of sp³-hybridized carbons (Fsp3) is 0. The summed E-state index contributed by atoms with van der Waals surface area (Å²) in [5.41, 5.74) is 13.1. The van der Waals surface area contributed by atoms with Crippen LogP contribution in [0.4, 0.5) is 0 Å². The van der Waals surface area contributed by atoms with Gasteiger partial charge in [0.25, 0.3) is 0 Å². The lowest BCUT2D eigenvalue weighted by atomic mass is 9.92. The van der Waals surface area contributed by atoms with Crippen LogP contribution in [0.2, 0.25) is 0 Å². The molecule has 0 saturated carbocycles. The van der Waals surface area contributed by atoms with Gasteiger partial charge in [-0.3, -0.25) is 0 Å². The smallest absolute Gasteiger partial charge is 0.164 e. The van der Waals surface area contributed by atoms with Gasteiger partial charge >= 0.3 is 0 Å². The first-order chi connectivity index (χ1) is 30.7. The van der Waals surface area contributed by atoms with Gasteiger partial charge in [-0.25, -0.2) is 15.0 Å². The van der Waals surface area contributed by atoms with E-state index in [0.717, 1.165) is 44.6 Å². The molecular weight excluding hydrogens is 773 g/mol. The Labute approximate surface area is 362 Å². The molecule has 4 nitrogen and oxygen atoms in total. The molecule has 3 aromatic heterocycles. The van der Waals surface area contributed by atoms with Gasteiger partial charge < -0.3 is 4.57 Å². The number of fused-ring (bicyclic) bond motifs is 7. The maximum absolute atomic E-state index is 5.25. The highest BCUT2D eigenvalue weighted by molar-refractivity contribution is 7.26. The molecule has 0 radical (unpaired) electrons. The van der Waals surface area contributed by atoms with Crippen LogP contribution in [0.1, 0.15) is 0 Å². The van der Waals surface area contributed by atoms with Gasteiger partial charge in [-0.1, -0.05) is 170 Å². The molecule has 12 rings (SSSR count). The third kappa shape index (κ3) is 6.18. The van der Waals surface area contributed by atoms with Crippen LogP contribution >= 0.6 is 11.3 Å². The van der Waals surface area contributed by atoms with E-state index < -0.39 is 0 Å². The molecule has 9 aromatic carbocycles. The van der Waals surface area contributed by atoms with Gasteiger partial charge in [-0.2, -0.15) is 0 Å². The van der Waals surface area contributed by atoms with E-state index in [1.807, 2.05) is 47.7 Å². The van der Waals surface area contributed by atoms with E-state index >= 15 is 0 Å². The Morgan fingerprint density at radius 3 is 1.58 bits per heavy atom. The Hall–Kier alpha value is -7.99. The summed E-state index contributed by atoms with van der Waals surface area (Å²) < 4.78 is 4.90. The van der Waals surface area contributed by atoms with E-state index in [-0.39, 0.29) is 0 Å². The number of para-hydroxylation sites is 2. The van der Waals surface area contributed by atoms with Crippen molar-refractivity contribution in [1.29, 1.82) is 0 Å². The summed E-state index contributed by atoms with van der Waals surface area (Å²) >= 11 is 1.85. The second-order valence-corrected chi connectivity index (χ2v) is 16.7. The molecule has 0 aliphatic carbocycles. The number of rotatable bonds is 7. The quantitative estimate of drug-likeness (QED) is 0.161. The summed E-state index contributed by atoms with van der Waals surface area (Å²) in [5, 5.41) is 5.10. The van der Waals surface area contributed by atoms with Gasteiger partial charge in [0.1, 0.15) is 0 Å². The highest BCUT2D eigenvalue weighted by Crippen LogP contribution is 2.45. The first-order valence-electron chi connectivity index (χ1n) is 20.8. The molecule has 0 bridgehead atoms. The van der Waals surface area contributed by atoms with Crippen molar-refractivity contribution in [2.75, 3.05) is 0 Å². The maximum Gasteiger partial charge on any atom is 0.164 e. The van der Waals surface area contributed by atoms with Crippen molar-refractivity contribution in [3.63, 3.8) is 0 Å². The van der Waals surface area contributed by atoms with Crippen molar-refractivity contribution in [3.8, 4) is 73.2 Å². The average Bonchev–Trinajstić information content (AvgIpc) is 3.90. The zero-order valence-corrected chi connectivity index (χ0v) is 34.3. The zero-order valence-electron chi connectivity index (χ0n) is 33.5. The molecule has 0 aliphatic heterocycles. The van der Waals surface area contributed by atoms with Crippen LogP contribution in [0.5, 0.6) is 0 Å². The highest BCUT2D eigenvalue weighted by atomic mass is 32.1. The third-order valence-electron chi connectivity index (χ3n) is 11.9. The molecule has 0 spiro atoms. The molecule has 0 N–H and O–H groups in total. The number of nitrogens with zero attached hydrogens (tertiary/aromatic N) is 4. The first-order valence-corrected chi connectivity index (χ1v) is 21.7. The largest absolute Gasteiger partial charge is 0.309 e. The molecule has 0 aliphatic rings. The van der Waals surface area contributed by atoms with E-state index in [9.17, 15) is 0 Å². The van der Waals surface area contributed by atoms with Gasteiger partial charge in [0, 0.05) is 53.3 Å². The lowest BCUT2D eigenvalue weighted by Gasteiger charge is -2.15. The second-order valence-electron chi connectivity index (χ2n) is 15.6. The lowest BCUT2D eigenvalue weighted by molar-refractivity contribution is 1.07. The first kappa shape index (κ1) is 35.9. The number of hydrogen-bond acceptors (Lipinski definition) is 4. The van der Waals surface area contributed by atoms with Gasteiger partial charge in [0.15, 0.2) is 17.5 Å². The van der Waals surface area contributed by atoms with Crippen molar-refractivity contribution < 1.29 is 0 Å². The fourth-order valence-electron chi connectivity index (χ4n) is 8.95. The van der Waals surface area contributed by atoms with Crippen molar-refractivity contribution >= 4 is 53.3 Å². The molecule has 3 heterocycles. The molecule has 290 valence electrons. The Morgan fingerprint density at radius 2 is 0.871 bits per heavy atom. The summed E-state index contributed by atoms with van der Waals surface area (Å²) in [5.74, 6) is 1.90. The molecule has 62 heavy (non-hydrogen) atoms. The van der Waals surface area contributed by atoms with E-state index in [4.69, 9.17) is 15.0 Å². The van der Waals surface area contributed by atoms with Crippen molar-refractivity contribution in [1.82, 2.24) is 19.5 Å². The Kier molecular flexibility index (Phi) is 8.65. The fourth-order valence-corrected chi connectivity index (χ4v) is 10.1. The minimum absolute atomic E-state index is 0.626. The molecule has 0 saturated heterocycles. The van der Waals surface area contributed by atoms with Crippen LogP contribution in [0.25, 0.3) is 115 Å². The summed E-state index contributed by atoms with van der Waals surface area (Å²) in [6.07, 6.45) is 0. The van der Waals surface area contributed by atoms with Gasteiger partial charge in [0.05, 0.1) is 11.0 Å². The van der Waals surface area contributed by atoms with E-state index in [1.54, 1.807) is 0 Å². The summed E-state index contributed by atoms with van der Waals surface area (Å²) in [7, 11) is 0. The minimum atomic E-state index is 0.626. The van der Waals surface area contributed by atoms with E-state index in [2.05, 4.69) is 187 Å². The number of aromatic nitrogens is 4. The van der Waals surface area contributed by atoms with E-state index in [1.165, 1.54) is 53.1 Å². The predicted octanol–water partition coefficient (Wildman–Crippen LogP) is 15.3. The second kappa shape index (κ2) is 14.9. The van der Waals surface area contributed by atoms with Crippen molar-refractivity contribution in [3.05, 3.63) is 218 Å². The van der Waals surface area contributed by atoms with Gasteiger partial charge in [-0.15, -0.1) is 11.3 Å². The average molecular weight is 809 g/mol. The molecule has 0 atom stereocenters. The Bertz CT molecular complexity index is 3560. The zero-order chi connectivity index (χ0) is 41.0. The number of hydrogen-bond donors (Lipinski definition) is 0.